The Balaban J connectivity index is 1.26. The largest absolute Gasteiger partial charge is 0.436 e. The van der Waals surface area contributed by atoms with E-state index in [1.807, 2.05) is 30.3 Å². The normalized spacial score (nSPS) is 11.7. The molecular weight excluding hydrogens is 603 g/mol. The van der Waals surface area contributed by atoms with Gasteiger partial charge in [-0.3, -0.25) is 8.97 Å². The Morgan fingerprint density at radius 3 is 1.61 bits per heavy atom. The Hall–Kier alpha value is -6.79. The third kappa shape index (κ3) is 4.46. The van der Waals surface area contributed by atoms with Gasteiger partial charge in [0.25, 0.3) is 0 Å². The van der Waals surface area contributed by atoms with Gasteiger partial charge in [-0.05, 0) is 52.6 Å². The summed E-state index contributed by atoms with van der Waals surface area (Å²) in [5, 5.41) is 2.17. The SMILES string of the molecule is c1ccc(-c2cccc(-c3nc(-c4cccc(-c5ccccc5)c4)nc(-n4c5ccccc5c5cn6c7ccccc7oc6c54)n3)c2)cc1. The minimum absolute atomic E-state index is 0.523. The van der Waals surface area contributed by atoms with Gasteiger partial charge in [0.05, 0.1) is 11.0 Å². The molecule has 0 aliphatic heterocycles. The molecule has 4 aromatic heterocycles. The summed E-state index contributed by atoms with van der Waals surface area (Å²) in [6.45, 7) is 0. The molecule has 49 heavy (non-hydrogen) atoms. The zero-order valence-corrected chi connectivity index (χ0v) is 26.2. The van der Waals surface area contributed by atoms with E-state index in [9.17, 15) is 0 Å². The number of hydrogen-bond acceptors (Lipinski definition) is 4. The first-order valence-electron chi connectivity index (χ1n) is 16.3. The van der Waals surface area contributed by atoms with Crippen molar-refractivity contribution in [2.24, 2.45) is 0 Å². The molecule has 0 saturated heterocycles. The van der Waals surface area contributed by atoms with Crippen molar-refractivity contribution in [3.8, 4) is 51.0 Å². The maximum Gasteiger partial charge on any atom is 0.238 e. The molecule has 0 amide bonds. The molecule has 0 N–H and O–H groups in total. The van der Waals surface area contributed by atoms with Crippen molar-refractivity contribution in [3.63, 3.8) is 0 Å². The first-order valence-corrected chi connectivity index (χ1v) is 16.3. The third-order valence-corrected chi connectivity index (χ3v) is 9.20. The highest BCUT2D eigenvalue weighted by molar-refractivity contribution is 6.14. The zero-order chi connectivity index (χ0) is 32.3. The Morgan fingerprint density at radius 2 is 0.959 bits per heavy atom. The highest BCUT2D eigenvalue weighted by Gasteiger charge is 2.23. The number of rotatable bonds is 5. The Labute approximate surface area is 281 Å². The number of nitrogens with zero attached hydrogens (tertiary/aromatic N) is 5. The number of benzene rings is 6. The molecule has 4 heterocycles. The maximum absolute atomic E-state index is 6.53. The Kier molecular flexibility index (Phi) is 6.08. The summed E-state index contributed by atoms with van der Waals surface area (Å²) in [6.07, 6.45) is 2.16. The second-order valence-corrected chi connectivity index (χ2v) is 12.2. The first-order chi connectivity index (χ1) is 24.3. The van der Waals surface area contributed by atoms with E-state index in [1.54, 1.807) is 0 Å². The predicted molar refractivity (Wildman–Crippen MR) is 197 cm³/mol. The Bertz CT molecular complexity index is 2730. The molecule has 0 unspecified atom stereocenters. The standard InChI is InChI=1S/C43H27N5O/c1-3-13-28(14-4-1)30-17-11-19-32(25-30)40-44-41(33-20-12-18-31(26-33)29-15-5-2-6-16-29)46-43(45-40)48-36-22-8-7-21-34(36)35-27-47-37-23-9-10-24-38(37)49-42(47)39(35)48/h1-27H. The second-order valence-electron chi connectivity index (χ2n) is 12.2. The lowest BCUT2D eigenvalue weighted by atomic mass is 10.0. The zero-order valence-electron chi connectivity index (χ0n) is 26.2. The smallest absolute Gasteiger partial charge is 0.238 e. The second kappa shape index (κ2) is 10.9. The molecule has 6 aromatic carbocycles. The van der Waals surface area contributed by atoms with Crippen LogP contribution in [-0.4, -0.2) is 23.9 Å². The molecule has 10 rings (SSSR count). The van der Waals surface area contributed by atoms with E-state index in [2.05, 4.69) is 143 Å². The molecule has 0 aliphatic carbocycles. The van der Waals surface area contributed by atoms with Crippen LogP contribution in [0, 0.1) is 0 Å². The van der Waals surface area contributed by atoms with Crippen molar-refractivity contribution >= 4 is 38.6 Å². The minimum Gasteiger partial charge on any atom is -0.436 e. The van der Waals surface area contributed by atoms with E-state index in [0.717, 1.165) is 72.0 Å². The van der Waals surface area contributed by atoms with Gasteiger partial charge in [-0.15, -0.1) is 0 Å². The fraction of sp³-hybridized carbons (Fsp3) is 0. The summed E-state index contributed by atoms with van der Waals surface area (Å²) in [5.41, 5.74) is 10.8. The third-order valence-electron chi connectivity index (χ3n) is 9.20. The molecule has 0 fully saturated rings. The molecule has 6 heteroatoms. The lowest BCUT2D eigenvalue weighted by molar-refractivity contribution is 0.658. The van der Waals surface area contributed by atoms with Crippen LogP contribution in [0.3, 0.4) is 0 Å². The molecule has 0 spiro atoms. The van der Waals surface area contributed by atoms with Crippen LogP contribution >= 0.6 is 0 Å². The maximum atomic E-state index is 6.53. The van der Waals surface area contributed by atoms with Gasteiger partial charge in [0.2, 0.25) is 11.7 Å². The molecular formula is C43H27N5O. The van der Waals surface area contributed by atoms with E-state index in [1.165, 1.54) is 0 Å². The van der Waals surface area contributed by atoms with Crippen molar-refractivity contribution in [1.82, 2.24) is 23.9 Å². The molecule has 0 atom stereocenters. The van der Waals surface area contributed by atoms with Gasteiger partial charge in [-0.2, -0.15) is 9.97 Å². The van der Waals surface area contributed by atoms with E-state index in [0.29, 0.717) is 17.6 Å². The van der Waals surface area contributed by atoms with Crippen molar-refractivity contribution in [3.05, 3.63) is 164 Å². The summed E-state index contributed by atoms with van der Waals surface area (Å²) >= 11 is 0. The van der Waals surface area contributed by atoms with Gasteiger partial charge in [-0.1, -0.05) is 127 Å². The van der Waals surface area contributed by atoms with Gasteiger partial charge in [0, 0.05) is 28.1 Å². The number of para-hydroxylation sites is 3. The average Bonchev–Trinajstić information content (AvgIpc) is 3.83. The van der Waals surface area contributed by atoms with Crippen LogP contribution in [0.1, 0.15) is 0 Å². The molecule has 10 aromatic rings. The lowest BCUT2D eigenvalue weighted by Crippen LogP contribution is -2.06. The number of oxazole rings is 1. The topological polar surface area (TPSA) is 61.2 Å². The first kappa shape index (κ1) is 27.3. The van der Waals surface area contributed by atoms with Gasteiger partial charge in [-0.25, -0.2) is 4.98 Å². The fourth-order valence-electron chi connectivity index (χ4n) is 6.90. The molecule has 6 nitrogen and oxygen atoms in total. The van der Waals surface area contributed by atoms with Gasteiger partial charge in [0.15, 0.2) is 17.2 Å². The quantitative estimate of drug-likeness (QED) is 0.190. The van der Waals surface area contributed by atoms with Gasteiger partial charge in [0.1, 0.15) is 5.52 Å². The highest BCUT2D eigenvalue weighted by Crippen LogP contribution is 2.38. The van der Waals surface area contributed by atoms with Crippen LogP contribution < -0.4 is 0 Å². The molecule has 0 aliphatic rings. The van der Waals surface area contributed by atoms with Crippen LogP contribution in [0.2, 0.25) is 0 Å². The summed E-state index contributed by atoms with van der Waals surface area (Å²) in [4.78, 5) is 15.6. The number of hydrogen-bond donors (Lipinski definition) is 0. The molecule has 0 saturated carbocycles. The van der Waals surface area contributed by atoms with E-state index < -0.39 is 0 Å². The van der Waals surface area contributed by atoms with Crippen molar-refractivity contribution in [1.29, 1.82) is 0 Å². The summed E-state index contributed by atoms with van der Waals surface area (Å²) < 4.78 is 10.8. The summed E-state index contributed by atoms with van der Waals surface area (Å²) in [7, 11) is 0. The van der Waals surface area contributed by atoms with Crippen LogP contribution in [-0.2, 0) is 0 Å². The molecule has 230 valence electrons. The van der Waals surface area contributed by atoms with Crippen LogP contribution in [0.25, 0.3) is 89.6 Å². The number of fused-ring (bicyclic) bond motifs is 7. The Morgan fingerprint density at radius 1 is 0.429 bits per heavy atom. The summed E-state index contributed by atoms with van der Waals surface area (Å²) in [6, 6.07) is 54.0. The number of aromatic nitrogens is 5. The van der Waals surface area contributed by atoms with E-state index in [4.69, 9.17) is 19.4 Å². The minimum atomic E-state index is 0.523. The van der Waals surface area contributed by atoms with Gasteiger partial charge >= 0.3 is 0 Å². The van der Waals surface area contributed by atoms with Crippen molar-refractivity contribution in [2.75, 3.05) is 0 Å². The van der Waals surface area contributed by atoms with E-state index >= 15 is 0 Å². The van der Waals surface area contributed by atoms with Crippen LogP contribution in [0.5, 0.6) is 0 Å². The predicted octanol–water partition coefficient (Wildman–Crippen LogP) is 10.6. The van der Waals surface area contributed by atoms with Gasteiger partial charge < -0.3 is 4.42 Å². The van der Waals surface area contributed by atoms with Crippen LogP contribution in [0.15, 0.2) is 168 Å². The van der Waals surface area contributed by atoms with Crippen molar-refractivity contribution < 1.29 is 4.42 Å². The monoisotopic (exact) mass is 629 g/mol. The van der Waals surface area contributed by atoms with Crippen molar-refractivity contribution in [2.45, 2.75) is 0 Å². The summed E-state index contributed by atoms with van der Waals surface area (Å²) in [5.74, 6) is 1.71. The fourth-order valence-corrected chi connectivity index (χ4v) is 6.90. The lowest BCUT2D eigenvalue weighted by Gasteiger charge is -2.12. The van der Waals surface area contributed by atoms with Crippen LogP contribution in [0.4, 0.5) is 0 Å². The highest BCUT2D eigenvalue weighted by atomic mass is 16.3. The van der Waals surface area contributed by atoms with E-state index in [-0.39, 0.29) is 0 Å². The molecule has 0 bridgehead atoms. The molecule has 0 radical (unpaired) electrons. The average molecular weight is 630 g/mol.